The van der Waals surface area contributed by atoms with Crippen molar-refractivity contribution in [3.8, 4) is 0 Å². The first kappa shape index (κ1) is 18.5. The molecule has 0 bridgehead atoms. The zero-order chi connectivity index (χ0) is 18.1. The summed E-state index contributed by atoms with van der Waals surface area (Å²) in [6, 6.07) is 2.03. The van der Waals surface area contributed by atoms with Crippen molar-refractivity contribution in [1.82, 2.24) is 0 Å². The summed E-state index contributed by atoms with van der Waals surface area (Å²) in [6.45, 7) is -0.0597. The van der Waals surface area contributed by atoms with Crippen LogP contribution in [0.3, 0.4) is 0 Å². The van der Waals surface area contributed by atoms with Crippen LogP contribution in [0.1, 0.15) is 12.8 Å². The van der Waals surface area contributed by atoms with E-state index in [1.807, 2.05) is 0 Å². The van der Waals surface area contributed by atoms with E-state index in [1.165, 1.54) is 0 Å². The van der Waals surface area contributed by atoms with Gasteiger partial charge in [-0.2, -0.15) is 13.2 Å². The monoisotopic (exact) mass is 370 g/mol. The van der Waals surface area contributed by atoms with Crippen LogP contribution in [0.4, 0.5) is 23.2 Å². The molecule has 0 radical (unpaired) electrons. The second kappa shape index (κ2) is 6.55. The maximum absolute atomic E-state index is 13.2. The van der Waals surface area contributed by atoms with Crippen LogP contribution in [0.5, 0.6) is 0 Å². The molecule has 0 aliphatic carbocycles. The van der Waals surface area contributed by atoms with Crippen LogP contribution in [-0.2, 0) is 19.4 Å². The molecule has 134 valence electrons. The van der Waals surface area contributed by atoms with Gasteiger partial charge in [0.05, 0.1) is 11.8 Å². The predicted octanol–water partition coefficient (Wildman–Crippen LogP) is 1.56. The van der Waals surface area contributed by atoms with Crippen molar-refractivity contribution in [3.63, 3.8) is 0 Å². The Morgan fingerprint density at radius 3 is 2.54 bits per heavy atom. The Kier molecular flexibility index (Phi) is 5.04. The molecule has 1 aromatic rings. The lowest BCUT2D eigenvalue weighted by molar-refractivity contribution is -0.128. The highest BCUT2D eigenvalue weighted by molar-refractivity contribution is 7.92. The van der Waals surface area contributed by atoms with Gasteiger partial charge in [0.2, 0.25) is 5.91 Å². The largest absolute Gasteiger partial charge is 0.501 e. The second-order valence-corrected chi connectivity index (χ2v) is 7.11. The number of carbonyl (C=O) groups excluding carboxylic acids is 1. The van der Waals surface area contributed by atoms with Gasteiger partial charge in [-0.05, 0) is 31.0 Å². The van der Waals surface area contributed by atoms with E-state index in [1.54, 1.807) is 0 Å². The Labute approximate surface area is 134 Å². The molecule has 2 rings (SSSR count). The van der Waals surface area contributed by atoms with E-state index in [0.717, 1.165) is 12.1 Å². The lowest BCUT2D eigenvalue weighted by Crippen LogP contribution is -2.30. The Morgan fingerprint density at radius 1 is 1.33 bits per heavy atom. The molecule has 1 aliphatic rings. The molecule has 1 aromatic carbocycles. The zero-order valence-corrected chi connectivity index (χ0v) is 13.0. The number of anilines is 1. The Morgan fingerprint density at radius 2 is 2.00 bits per heavy atom. The van der Waals surface area contributed by atoms with E-state index in [2.05, 4.69) is 5.32 Å². The van der Waals surface area contributed by atoms with Crippen LogP contribution in [0, 0.1) is 5.82 Å². The molecule has 1 fully saturated rings. The van der Waals surface area contributed by atoms with Crippen molar-refractivity contribution in [2.45, 2.75) is 35.5 Å². The first-order valence-corrected chi connectivity index (χ1v) is 8.30. The molecule has 1 heterocycles. The van der Waals surface area contributed by atoms with E-state index in [-0.39, 0.29) is 6.54 Å². The zero-order valence-electron chi connectivity index (χ0n) is 12.1. The fraction of sp³-hybridized carbons (Fsp3) is 0.462. The van der Waals surface area contributed by atoms with Crippen LogP contribution in [-0.4, -0.2) is 38.6 Å². The summed E-state index contributed by atoms with van der Waals surface area (Å²) in [4.78, 5) is 9.78. The fourth-order valence-electron chi connectivity index (χ4n) is 2.28. The summed E-state index contributed by atoms with van der Waals surface area (Å²) < 4.78 is 79.7. The minimum absolute atomic E-state index is 0.0597. The van der Waals surface area contributed by atoms with Gasteiger partial charge >= 0.3 is 5.51 Å². The number of halogens is 4. The van der Waals surface area contributed by atoms with Gasteiger partial charge in [-0.25, -0.2) is 12.8 Å². The molecule has 2 atom stereocenters. The molecule has 1 aliphatic heterocycles. The maximum Gasteiger partial charge on any atom is 0.501 e. The third-order valence-electron chi connectivity index (χ3n) is 3.48. The van der Waals surface area contributed by atoms with Crippen molar-refractivity contribution in [2.24, 2.45) is 5.73 Å². The van der Waals surface area contributed by atoms with Gasteiger partial charge in [0, 0.05) is 6.54 Å². The van der Waals surface area contributed by atoms with E-state index >= 15 is 0 Å². The third-order valence-corrected chi connectivity index (χ3v) is 5.01. The highest BCUT2D eigenvalue weighted by Gasteiger charge is 2.48. The van der Waals surface area contributed by atoms with Gasteiger partial charge in [-0.15, -0.1) is 0 Å². The fourth-order valence-corrected chi connectivity index (χ4v) is 3.22. The second-order valence-electron chi connectivity index (χ2n) is 5.20. The number of hydrogen-bond donors (Lipinski definition) is 2. The lowest BCUT2D eigenvalue weighted by atomic mass is 10.2. The number of amides is 1. The number of benzene rings is 1. The highest BCUT2D eigenvalue weighted by Crippen LogP contribution is 2.35. The first-order valence-electron chi connectivity index (χ1n) is 6.82. The maximum atomic E-state index is 13.2. The van der Waals surface area contributed by atoms with Crippen LogP contribution in [0.25, 0.3) is 0 Å². The van der Waals surface area contributed by atoms with E-state index in [4.69, 9.17) is 10.5 Å². The third kappa shape index (κ3) is 3.78. The van der Waals surface area contributed by atoms with E-state index < -0.39 is 49.9 Å². The van der Waals surface area contributed by atoms with Crippen molar-refractivity contribution >= 4 is 21.4 Å². The Balaban J connectivity index is 2.19. The van der Waals surface area contributed by atoms with Crippen molar-refractivity contribution in [3.05, 3.63) is 24.0 Å². The molecule has 0 spiro atoms. The summed E-state index contributed by atoms with van der Waals surface area (Å²) in [6.07, 6.45) is -0.542. The van der Waals surface area contributed by atoms with Gasteiger partial charge in [0.15, 0.2) is 0 Å². The Bertz CT molecular complexity index is 736. The summed E-state index contributed by atoms with van der Waals surface area (Å²) in [5.41, 5.74) is -0.878. The summed E-state index contributed by atoms with van der Waals surface area (Å²) in [7, 11) is -5.72. The van der Waals surface area contributed by atoms with Crippen LogP contribution in [0.2, 0.25) is 0 Å². The van der Waals surface area contributed by atoms with Crippen molar-refractivity contribution in [1.29, 1.82) is 0 Å². The lowest BCUT2D eigenvalue weighted by Gasteiger charge is -2.17. The van der Waals surface area contributed by atoms with E-state index in [9.17, 15) is 30.8 Å². The summed E-state index contributed by atoms with van der Waals surface area (Å²) in [5.74, 6) is -1.77. The molecule has 3 N–H and O–H groups in total. The first-order chi connectivity index (χ1) is 11.0. The Hall–Kier alpha value is -1.88. The van der Waals surface area contributed by atoms with Crippen LogP contribution in [0.15, 0.2) is 23.1 Å². The molecule has 1 saturated heterocycles. The molecule has 0 aromatic heterocycles. The van der Waals surface area contributed by atoms with Gasteiger partial charge < -0.3 is 15.8 Å². The van der Waals surface area contributed by atoms with Crippen LogP contribution >= 0.6 is 0 Å². The minimum Gasteiger partial charge on any atom is -0.381 e. The molecule has 2 unspecified atom stereocenters. The number of carbonyl (C=O) groups is 1. The van der Waals surface area contributed by atoms with Gasteiger partial charge in [-0.1, -0.05) is 0 Å². The number of primary amides is 1. The molecule has 0 saturated carbocycles. The number of nitrogens with one attached hydrogen (secondary N) is 1. The number of hydrogen-bond acceptors (Lipinski definition) is 5. The van der Waals surface area contributed by atoms with Gasteiger partial charge in [0.25, 0.3) is 9.84 Å². The van der Waals surface area contributed by atoms with Gasteiger partial charge in [-0.3, -0.25) is 4.79 Å². The summed E-state index contributed by atoms with van der Waals surface area (Å²) >= 11 is 0. The molecular formula is C13H14F4N2O4S. The minimum atomic E-state index is -5.72. The van der Waals surface area contributed by atoms with Crippen molar-refractivity contribution in [2.75, 3.05) is 11.9 Å². The topological polar surface area (TPSA) is 98.5 Å². The normalized spacial score (nSPS) is 21.7. The number of sulfone groups is 1. The standard InChI is InChI=1S/C13H14F4N2O4S/c14-7-1-3-9(11(5-7)24(21,22)13(15,16)17)19-6-8-2-4-10(23-8)12(18)20/h1,3,5,8,10,19H,2,4,6H2,(H2,18,20). The quantitative estimate of drug-likeness (QED) is 0.767. The number of alkyl halides is 3. The molecule has 6 nitrogen and oxygen atoms in total. The van der Waals surface area contributed by atoms with Crippen LogP contribution < -0.4 is 11.1 Å². The average molecular weight is 370 g/mol. The van der Waals surface area contributed by atoms with E-state index in [0.29, 0.717) is 18.9 Å². The molecular weight excluding hydrogens is 356 g/mol. The SMILES string of the molecule is NC(=O)C1CCC(CNc2ccc(F)cc2S(=O)(=O)C(F)(F)F)O1. The average Bonchev–Trinajstić information content (AvgIpc) is 2.93. The number of ether oxygens (including phenoxy) is 1. The number of nitrogens with two attached hydrogens (primary N) is 1. The smallest absolute Gasteiger partial charge is 0.381 e. The predicted molar refractivity (Wildman–Crippen MR) is 75.2 cm³/mol. The molecule has 1 amide bonds. The number of rotatable bonds is 5. The summed E-state index contributed by atoms with van der Waals surface area (Å²) in [5, 5.41) is 2.50. The van der Waals surface area contributed by atoms with Gasteiger partial charge in [0.1, 0.15) is 16.8 Å². The highest BCUT2D eigenvalue weighted by atomic mass is 32.2. The molecule has 24 heavy (non-hydrogen) atoms. The molecule has 11 heteroatoms. The van der Waals surface area contributed by atoms with Crippen molar-refractivity contribution < 1.29 is 35.5 Å².